The molecule has 1 heterocycles. The van der Waals surface area contributed by atoms with E-state index < -0.39 is 0 Å². The van der Waals surface area contributed by atoms with Crippen molar-refractivity contribution in [3.05, 3.63) is 29.8 Å². The van der Waals surface area contributed by atoms with Crippen molar-refractivity contribution in [3.63, 3.8) is 0 Å². The summed E-state index contributed by atoms with van der Waals surface area (Å²) in [5, 5.41) is 0. The molecule has 1 atom stereocenters. The largest absolute Gasteiger partial charge is 0.375 e. The van der Waals surface area contributed by atoms with E-state index in [0.29, 0.717) is 0 Å². The van der Waals surface area contributed by atoms with Crippen LogP contribution >= 0.6 is 0 Å². The molecule has 0 bridgehead atoms. The Kier molecular flexibility index (Phi) is 8.48. The third-order valence-corrected chi connectivity index (χ3v) is 4.56. The average molecular weight is 319 g/mol. The van der Waals surface area contributed by atoms with Crippen LogP contribution in [0.5, 0.6) is 0 Å². The van der Waals surface area contributed by atoms with Crippen LogP contribution in [0.4, 0.5) is 5.69 Å². The lowest BCUT2D eigenvalue weighted by atomic mass is 10.1. The molecule has 0 aliphatic carbocycles. The average Bonchev–Trinajstić information content (AvgIpc) is 3.08. The molecule has 1 aliphatic rings. The predicted molar refractivity (Wildman–Crippen MR) is 97.1 cm³/mol. The van der Waals surface area contributed by atoms with E-state index in [1.165, 1.54) is 43.4 Å². The lowest BCUT2D eigenvalue weighted by Crippen LogP contribution is -2.18. The molecule has 1 aromatic carbocycles. The topological polar surface area (TPSA) is 21.7 Å². The maximum Gasteiger partial charge on any atom is 0.157 e. The smallest absolute Gasteiger partial charge is 0.157 e. The number of hydrogen-bond acceptors (Lipinski definition) is 3. The van der Waals surface area contributed by atoms with Crippen LogP contribution in [-0.4, -0.2) is 33.1 Å². The molecular weight excluding hydrogens is 286 g/mol. The predicted octanol–water partition coefficient (Wildman–Crippen LogP) is 4.79. The van der Waals surface area contributed by atoms with Gasteiger partial charge in [0.2, 0.25) is 0 Å². The van der Waals surface area contributed by atoms with Gasteiger partial charge in [0.1, 0.15) is 0 Å². The van der Waals surface area contributed by atoms with E-state index in [4.69, 9.17) is 9.47 Å². The van der Waals surface area contributed by atoms with E-state index in [1.54, 1.807) is 0 Å². The molecule has 1 aliphatic heterocycles. The fraction of sp³-hybridized carbons (Fsp3) is 0.700. The number of hydrogen-bond donors (Lipinski definition) is 0. The van der Waals surface area contributed by atoms with Crippen LogP contribution < -0.4 is 4.90 Å². The van der Waals surface area contributed by atoms with Crippen molar-refractivity contribution in [2.24, 2.45) is 0 Å². The molecule has 0 saturated carbocycles. The first kappa shape index (κ1) is 18.3. The van der Waals surface area contributed by atoms with Gasteiger partial charge in [-0.05, 0) is 37.0 Å². The molecule has 0 radical (unpaired) electrons. The minimum absolute atomic E-state index is 0.0353. The molecule has 0 N–H and O–H groups in total. The Morgan fingerprint density at radius 2 is 1.91 bits per heavy atom. The molecular formula is C20H33NO2. The molecule has 2 rings (SSSR count). The third kappa shape index (κ3) is 6.92. The summed E-state index contributed by atoms with van der Waals surface area (Å²) in [6.07, 6.45) is 9.85. The Balaban J connectivity index is 1.64. The lowest BCUT2D eigenvalue weighted by Gasteiger charge is -2.19. The highest BCUT2D eigenvalue weighted by Crippen LogP contribution is 2.17. The highest BCUT2D eigenvalue weighted by atomic mass is 16.7. The summed E-state index contributed by atoms with van der Waals surface area (Å²) in [6, 6.07) is 8.91. The van der Waals surface area contributed by atoms with Crippen molar-refractivity contribution >= 4 is 5.69 Å². The van der Waals surface area contributed by atoms with Crippen LogP contribution in [-0.2, 0) is 15.9 Å². The molecule has 23 heavy (non-hydrogen) atoms. The van der Waals surface area contributed by atoms with Crippen molar-refractivity contribution in [3.8, 4) is 0 Å². The van der Waals surface area contributed by atoms with Gasteiger partial charge in [-0.15, -0.1) is 0 Å². The lowest BCUT2D eigenvalue weighted by molar-refractivity contribution is -0.109. The van der Waals surface area contributed by atoms with E-state index in [0.717, 1.165) is 39.0 Å². The standard InChI is InChI=1S/C20H33NO2/c1-3-4-5-6-7-15-21(2)19-12-10-18(11-13-19)14-17-23-20-9-8-16-22-20/h10-13,20H,3-9,14-17H2,1-2H3. The molecule has 1 fully saturated rings. The zero-order valence-electron chi connectivity index (χ0n) is 14.9. The van der Waals surface area contributed by atoms with Gasteiger partial charge in [0.25, 0.3) is 0 Å². The zero-order chi connectivity index (χ0) is 16.3. The number of nitrogens with zero attached hydrogens (tertiary/aromatic N) is 1. The van der Waals surface area contributed by atoms with E-state index >= 15 is 0 Å². The molecule has 3 heteroatoms. The van der Waals surface area contributed by atoms with Crippen molar-refractivity contribution in [2.75, 3.05) is 31.7 Å². The third-order valence-electron chi connectivity index (χ3n) is 4.56. The van der Waals surface area contributed by atoms with E-state index in [-0.39, 0.29) is 6.29 Å². The molecule has 0 aromatic heterocycles. The van der Waals surface area contributed by atoms with Crippen molar-refractivity contribution in [1.29, 1.82) is 0 Å². The van der Waals surface area contributed by atoms with E-state index in [9.17, 15) is 0 Å². The Bertz CT molecular complexity index is 412. The molecule has 1 saturated heterocycles. The monoisotopic (exact) mass is 319 g/mol. The van der Waals surface area contributed by atoms with Gasteiger partial charge < -0.3 is 14.4 Å². The van der Waals surface area contributed by atoms with E-state index in [2.05, 4.69) is 43.1 Å². The first-order valence-electron chi connectivity index (χ1n) is 9.33. The van der Waals surface area contributed by atoms with Gasteiger partial charge in [-0.1, -0.05) is 44.7 Å². The van der Waals surface area contributed by atoms with Gasteiger partial charge in [0.15, 0.2) is 6.29 Å². The second-order valence-corrected chi connectivity index (χ2v) is 6.57. The number of anilines is 1. The summed E-state index contributed by atoms with van der Waals surface area (Å²) >= 11 is 0. The maximum atomic E-state index is 5.74. The fourth-order valence-electron chi connectivity index (χ4n) is 2.99. The first-order valence-corrected chi connectivity index (χ1v) is 9.33. The number of unbranched alkanes of at least 4 members (excludes halogenated alkanes) is 4. The van der Waals surface area contributed by atoms with Crippen LogP contribution in [0.15, 0.2) is 24.3 Å². The van der Waals surface area contributed by atoms with Crippen molar-refractivity contribution in [1.82, 2.24) is 0 Å². The van der Waals surface area contributed by atoms with Gasteiger partial charge in [-0.25, -0.2) is 0 Å². The maximum absolute atomic E-state index is 5.74. The Hall–Kier alpha value is -1.06. The summed E-state index contributed by atoms with van der Waals surface area (Å²) < 4.78 is 11.2. The highest BCUT2D eigenvalue weighted by molar-refractivity contribution is 5.46. The van der Waals surface area contributed by atoms with Crippen molar-refractivity contribution < 1.29 is 9.47 Å². The fourth-order valence-corrected chi connectivity index (χ4v) is 2.99. The number of ether oxygens (including phenoxy) is 2. The second kappa shape index (κ2) is 10.7. The first-order chi connectivity index (χ1) is 11.3. The summed E-state index contributed by atoms with van der Waals surface area (Å²) in [6.45, 7) is 5.01. The highest BCUT2D eigenvalue weighted by Gasteiger charge is 2.15. The van der Waals surface area contributed by atoms with Gasteiger partial charge in [-0.3, -0.25) is 0 Å². The van der Waals surface area contributed by atoms with Gasteiger partial charge in [0.05, 0.1) is 6.61 Å². The van der Waals surface area contributed by atoms with Crippen LogP contribution in [0.3, 0.4) is 0 Å². The van der Waals surface area contributed by atoms with Crippen molar-refractivity contribution in [2.45, 2.75) is 64.6 Å². The van der Waals surface area contributed by atoms with Gasteiger partial charge in [-0.2, -0.15) is 0 Å². The molecule has 130 valence electrons. The summed E-state index contributed by atoms with van der Waals surface area (Å²) in [5.74, 6) is 0. The molecule has 0 amide bonds. The van der Waals surface area contributed by atoms with Crippen LogP contribution in [0.25, 0.3) is 0 Å². The van der Waals surface area contributed by atoms with Gasteiger partial charge in [0, 0.05) is 32.3 Å². The summed E-state index contributed by atoms with van der Waals surface area (Å²) in [4.78, 5) is 2.36. The normalized spacial score (nSPS) is 17.6. The molecule has 1 aromatic rings. The Morgan fingerprint density at radius 1 is 1.13 bits per heavy atom. The zero-order valence-corrected chi connectivity index (χ0v) is 14.9. The van der Waals surface area contributed by atoms with E-state index in [1.807, 2.05) is 0 Å². The summed E-state index contributed by atoms with van der Waals surface area (Å²) in [5.41, 5.74) is 2.65. The Morgan fingerprint density at radius 3 is 2.61 bits per heavy atom. The van der Waals surface area contributed by atoms with Crippen LogP contribution in [0.2, 0.25) is 0 Å². The Labute approximate surface area is 142 Å². The quantitative estimate of drug-likeness (QED) is 0.547. The SMILES string of the molecule is CCCCCCCN(C)c1ccc(CCOC2CCCO2)cc1. The molecule has 0 spiro atoms. The van der Waals surface area contributed by atoms with Crippen LogP contribution in [0, 0.1) is 0 Å². The number of benzene rings is 1. The van der Waals surface area contributed by atoms with Gasteiger partial charge >= 0.3 is 0 Å². The summed E-state index contributed by atoms with van der Waals surface area (Å²) in [7, 11) is 2.19. The van der Waals surface area contributed by atoms with Crippen LogP contribution in [0.1, 0.15) is 57.4 Å². The molecule has 1 unspecified atom stereocenters. The number of rotatable bonds is 11. The minimum Gasteiger partial charge on any atom is -0.375 e. The second-order valence-electron chi connectivity index (χ2n) is 6.57. The minimum atomic E-state index is 0.0353. The molecule has 3 nitrogen and oxygen atoms in total.